The van der Waals surface area contributed by atoms with Gasteiger partial charge in [0.05, 0.1) is 6.07 Å². The van der Waals surface area contributed by atoms with Crippen LogP contribution in [0.3, 0.4) is 0 Å². The van der Waals surface area contributed by atoms with E-state index in [1.165, 1.54) is 6.92 Å². The number of nitrogens with one attached hydrogen (secondary N) is 2. The van der Waals surface area contributed by atoms with Crippen molar-refractivity contribution in [3.05, 3.63) is 0 Å². The van der Waals surface area contributed by atoms with Gasteiger partial charge >= 0.3 is 0 Å². The number of nitriles is 1. The van der Waals surface area contributed by atoms with Gasteiger partial charge in [-0.05, 0) is 19.9 Å². The molecular weight excluding hydrogens is 202 g/mol. The summed E-state index contributed by atoms with van der Waals surface area (Å²) in [5.74, 6) is 0. The minimum Gasteiger partial charge on any atom is -0.315 e. The number of sulfonamides is 1. The second-order valence-corrected chi connectivity index (χ2v) is 5.05. The second-order valence-electron chi connectivity index (χ2n) is 2.96. The highest BCUT2D eigenvalue weighted by Crippen LogP contribution is 1.94. The maximum absolute atomic E-state index is 11.2. The van der Waals surface area contributed by atoms with E-state index in [-0.39, 0.29) is 0 Å². The van der Waals surface area contributed by atoms with Crippen LogP contribution < -0.4 is 10.0 Å². The van der Waals surface area contributed by atoms with Gasteiger partial charge in [0.15, 0.2) is 5.25 Å². The van der Waals surface area contributed by atoms with Gasteiger partial charge in [0, 0.05) is 13.1 Å². The number of hydrogen-bond donors (Lipinski definition) is 2. The molecule has 0 aliphatic heterocycles. The molecule has 82 valence electrons. The van der Waals surface area contributed by atoms with Gasteiger partial charge in [-0.15, -0.1) is 0 Å². The third-order valence-corrected chi connectivity index (χ3v) is 3.32. The highest BCUT2D eigenvalue weighted by molar-refractivity contribution is 7.90. The molecule has 1 atom stereocenters. The van der Waals surface area contributed by atoms with Gasteiger partial charge in [0.1, 0.15) is 0 Å². The summed E-state index contributed by atoms with van der Waals surface area (Å²) in [7, 11) is -3.45. The molecule has 0 radical (unpaired) electrons. The zero-order valence-corrected chi connectivity index (χ0v) is 9.39. The zero-order valence-electron chi connectivity index (χ0n) is 8.58. The summed E-state index contributed by atoms with van der Waals surface area (Å²) in [5, 5.41) is 10.5. The molecule has 0 saturated heterocycles. The second kappa shape index (κ2) is 6.76. The Morgan fingerprint density at radius 3 is 2.50 bits per heavy atom. The molecule has 6 heteroatoms. The molecule has 0 aromatic rings. The predicted molar refractivity (Wildman–Crippen MR) is 55.2 cm³/mol. The van der Waals surface area contributed by atoms with Crippen LogP contribution in [0.2, 0.25) is 0 Å². The quantitative estimate of drug-likeness (QED) is 0.582. The SMILES string of the molecule is CCCNCCNS(=O)(=O)C(C)C#N. The first-order valence-corrected chi connectivity index (χ1v) is 6.18. The van der Waals surface area contributed by atoms with Crippen LogP contribution in [0, 0.1) is 11.3 Å². The van der Waals surface area contributed by atoms with Crippen molar-refractivity contribution in [1.82, 2.24) is 10.0 Å². The van der Waals surface area contributed by atoms with E-state index in [0.717, 1.165) is 13.0 Å². The number of hydrogen-bond acceptors (Lipinski definition) is 4. The van der Waals surface area contributed by atoms with Crippen LogP contribution in [-0.4, -0.2) is 33.3 Å². The maximum Gasteiger partial charge on any atom is 0.227 e. The van der Waals surface area contributed by atoms with E-state index in [9.17, 15) is 8.42 Å². The van der Waals surface area contributed by atoms with E-state index in [4.69, 9.17) is 5.26 Å². The molecule has 0 amide bonds. The molecule has 0 aromatic carbocycles. The van der Waals surface area contributed by atoms with Crippen LogP contribution in [0.4, 0.5) is 0 Å². The van der Waals surface area contributed by atoms with Gasteiger partial charge in [0.2, 0.25) is 10.0 Å². The van der Waals surface area contributed by atoms with Crippen LogP contribution in [-0.2, 0) is 10.0 Å². The van der Waals surface area contributed by atoms with Crippen molar-refractivity contribution >= 4 is 10.0 Å². The predicted octanol–water partition coefficient (Wildman–Crippen LogP) is -0.183. The topological polar surface area (TPSA) is 82.0 Å². The first kappa shape index (κ1) is 13.4. The lowest BCUT2D eigenvalue weighted by Gasteiger charge is -2.07. The molecule has 0 heterocycles. The summed E-state index contributed by atoms with van der Waals surface area (Å²) >= 11 is 0. The van der Waals surface area contributed by atoms with Crippen molar-refractivity contribution < 1.29 is 8.42 Å². The van der Waals surface area contributed by atoms with Crippen LogP contribution >= 0.6 is 0 Å². The fraction of sp³-hybridized carbons (Fsp3) is 0.875. The molecule has 0 aliphatic rings. The summed E-state index contributed by atoms with van der Waals surface area (Å²) in [5.41, 5.74) is 0. The van der Waals surface area contributed by atoms with E-state index in [1.54, 1.807) is 6.07 Å². The fourth-order valence-electron chi connectivity index (χ4n) is 0.778. The van der Waals surface area contributed by atoms with E-state index in [1.807, 2.05) is 6.92 Å². The highest BCUT2D eigenvalue weighted by Gasteiger charge is 2.18. The lowest BCUT2D eigenvalue weighted by Crippen LogP contribution is -2.36. The van der Waals surface area contributed by atoms with Gasteiger partial charge in [-0.3, -0.25) is 0 Å². The normalized spacial score (nSPS) is 13.5. The van der Waals surface area contributed by atoms with Crippen LogP contribution in [0.1, 0.15) is 20.3 Å². The van der Waals surface area contributed by atoms with E-state index in [0.29, 0.717) is 13.1 Å². The van der Waals surface area contributed by atoms with Crippen molar-refractivity contribution in [2.24, 2.45) is 0 Å². The van der Waals surface area contributed by atoms with Gasteiger partial charge in [-0.1, -0.05) is 6.92 Å². The van der Waals surface area contributed by atoms with Crippen LogP contribution in [0.5, 0.6) is 0 Å². The average molecular weight is 219 g/mol. The molecule has 14 heavy (non-hydrogen) atoms. The standard InChI is InChI=1S/C8H17N3O2S/c1-3-4-10-5-6-11-14(12,13)8(2)7-9/h8,10-11H,3-6H2,1-2H3. The van der Waals surface area contributed by atoms with Crippen molar-refractivity contribution in [2.75, 3.05) is 19.6 Å². The van der Waals surface area contributed by atoms with Crippen molar-refractivity contribution in [2.45, 2.75) is 25.5 Å². The zero-order chi connectivity index (χ0) is 11.0. The summed E-state index contributed by atoms with van der Waals surface area (Å²) in [4.78, 5) is 0. The third-order valence-electron chi connectivity index (χ3n) is 1.68. The van der Waals surface area contributed by atoms with E-state index in [2.05, 4.69) is 10.0 Å². The molecule has 0 spiro atoms. The Morgan fingerprint density at radius 2 is 2.00 bits per heavy atom. The lowest BCUT2D eigenvalue weighted by atomic mass is 10.5. The largest absolute Gasteiger partial charge is 0.315 e. The van der Waals surface area contributed by atoms with E-state index < -0.39 is 15.3 Å². The van der Waals surface area contributed by atoms with Crippen molar-refractivity contribution in [1.29, 1.82) is 5.26 Å². The van der Waals surface area contributed by atoms with Crippen LogP contribution in [0.25, 0.3) is 0 Å². The molecule has 5 nitrogen and oxygen atoms in total. The van der Waals surface area contributed by atoms with Crippen molar-refractivity contribution in [3.63, 3.8) is 0 Å². The fourth-order valence-corrected chi connectivity index (χ4v) is 1.55. The molecule has 1 unspecified atom stereocenters. The summed E-state index contributed by atoms with van der Waals surface area (Å²) < 4.78 is 24.8. The Balaban J connectivity index is 3.74. The molecule has 2 N–H and O–H groups in total. The Morgan fingerprint density at radius 1 is 1.36 bits per heavy atom. The molecule has 0 bridgehead atoms. The minimum atomic E-state index is -3.45. The molecule has 0 fully saturated rings. The Hall–Kier alpha value is -0.640. The maximum atomic E-state index is 11.2. The number of rotatable bonds is 7. The minimum absolute atomic E-state index is 0.328. The Kier molecular flexibility index (Phi) is 6.45. The molecular formula is C8H17N3O2S. The van der Waals surface area contributed by atoms with Gasteiger partial charge in [-0.2, -0.15) is 5.26 Å². The Labute approximate surface area is 85.5 Å². The molecule has 0 rings (SSSR count). The summed E-state index contributed by atoms with van der Waals surface area (Å²) in [6.07, 6.45) is 1.02. The van der Waals surface area contributed by atoms with Crippen LogP contribution in [0.15, 0.2) is 0 Å². The summed E-state index contributed by atoms with van der Waals surface area (Å²) in [6.45, 7) is 5.19. The summed E-state index contributed by atoms with van der Waals surface area (Å²) in [6, 6.07) is 1.69. The first-order chi connectivity index (χ1) is 6.54. The number of nitrogens with zero attached hydrogens (tertiary/aromatic N) is 1. The molecule has 0 aromatic heterocycles. The van der Waals surface area contributed by atoms with Crippen molar-refractivity contribution in [3.8, 4) is 6.07 Å². The Bertz CT molecular complexity index is 281. The monoisotopic (exact) mass is 219 g/mol. The highest BCUT2D eigenvalue weighted by atomic mass is 32.2. The van der Waals surface area contributed by atoms with Gasteiger partial charge in [-0.25, -0.2) is 13.1 Å². The third kappa shape index (κ3) is 5.17. The molecule has 0 saturated carbocycles. The first-order valence-electron chi connectivity index (χ1n) is 4.63. The van der Waals surface area contributed by atoms with Gasteiger partial charge in [0.25, 0.3) is 0 Å². The smallest absolute Gasteiger partial charge is 0.227 e. The molecule has 0 aliphatic carbocycles. The van der Waals surface area contributed by atoms with Gasteiger partial charge < -0.3 is 5.32 Å². The average Bonchev–Trinajstić information content (AvgIpc) is 2.16. The lowest BCUT2D eigenvalue weighted by molar-refractivity contribution is 0.571. The van der Waals surface area contributed by atoms with E-state index >= 15 is 0 Å².